The molecule has 0 saturated carbocycles. The molecule has 3 rings (SSSR count). The highest BCUT2D eigenvalue weighted by Gasteiger charge is 2.29. The number of rotatable bonds is 2. The Bertz CT molecular complexity index is 999. The van der Waals surface area contributed by atoms with Gasteiger partial charge in [0.1, 0.15) is 5.76 Å². The maximum absolute atomic E-state index is 11.4. The van der Waals surface area contributed by atoms with Gasteiger partial charge in [-0.05, 0) is 59.9 Å². The van der Waals surface area contributed by atoms with Crippen LogP contribution in [0.2, 0.25) is 0 Å². The Kier molecular flexibility index (Phi) is 4.87. The first kappa shape index (κ1) is 18.5. The van der Waals surface area contributed by atoms with Gasteiger partial charge in [-0.2, -0.15) is 0 Å². The van der Waals surface area contributed by atoms with E-state index in [1.165, 1.54) is 19.1 Å². The van der Waals surface area contributed by atoms with Crippen LogP contribution in [0.1, 0.15) is 59.8 Å². The number of hydrogen-bond acceptors (Lipinski definition) is 3. The fourth-order valence-electron chi connectivity index (χ4n) is 3.08. The monoisotopic (exact) mass is 360 g/mol. The Morgan fingerprint density at radius 3 is 2.30 bits per heavy atom. The second kappa shape index (κ2) is 7.13. The first-order chi connectivity index (χ1) is 12.8. The predicted molar refractivity (Wildman–Crippen MR) is 103 cm³/mol. The summed E-state index contributed by atoms with van der Waals surface area (Å²) < 4.78 is 5.38. The lowest BCUT2D eigenvalue weighted by Crippen LogP contribution is -2.22. The summed E-state index contributed by atoms with van der Waals surface area (Å²) in [6, 6.07) is 12.3. The van der Waals surface area contributed by atoms with Gasteiger partial charge in [0.15, 0.2) is 0 Å². The first-order valence-corrected chi connectivity index (χ1v) is 8.65. The average Bonchev–Trinajstić information content (AvgIpc) is 2.62. The molecule has 0 amide bonds. The Morgan fingerprint density at radius 1 is 1.04 bits per heavy atom. The fourth-order valence-corrected chi connectivity index (χ4v) is 3.08. The average molecular weight is 360 g/mol. The standard InChI is InChI=1S/C23H20O4/c1-15(24)27-21-12-13-23(2,3)20-11-8-17(14-19(20)21)5-4-16-6-9-18(10-7-16)22(25)26/h6-12,14H,13H2,1-3H3,(H,25,26). The summed E-state index contributed by atoms with van der Waals surface area (Å²) in [4.78, 5) is 22.3. The van der Waals surface area contributed by atoms with Crippen LogP contribution in [0, 0.1) is 11.8 Å². The minimum absolute atomic E-state index is 0.0440. The third-order valence-electron chi connectivity index (χ3n) is 4.55. The van der Waals surface area contributed by atoms with Crippen molar-refractivity contribution in [2.45, 2.75) is 32.6 Å². The van der Waals surface area contributed by atoms with E-state index >= 15 is 0 Å². The number of carbonyl (C=O) groups is 2. The van der Waals surface area contributed by atoms with Crippen LogP contribution in [-0.2, 0) is 14.9 Å². The molecule has 0 aliphatic heterocycles. The molecule has 0 fully saturated rings. The molecule has 136 valence electrons. The first-order valence-electron chi connectivity index (χ1n) is 8.65. The molecule has 0 radical (unpaired) electrons. The van der Waals surface area contributed by atoms with Crippen molar-refractivity contribution in [3.05, 3.63) is 76.4 Å². The van der Waals surface area contributed by atoms with E-state index in [9.17, 15) is 9.59 Å². The van der Waals surface area contributed by atoms with Crippen LogP contribution in [0.4, 0.5) is 0 Å². The van der Waals surface area contributed by atoms with Crippen molar-refractivity contribution < 1.29 is 19.4 Å². The van der Waals surface area contributed by atoms with Crippen molar-refractivity contribution in [2.24, 2.45) is 0 Å². The number of carboxylic acids is 1. The van der Waals surface area contributed by atoms with Crippen LogP contribution >= 0.6 is 0 Å². The van der Waals surface area contributed by atoms with Crippen molar-refractivity contribution in [3.63, 3.8) is 0 Å². The zero-order valence-electron chi connectivity index (χ0n) is 15.5. The van der Waals surface area contributed by atoms with Gasteiger partial charge in [0, 0.05) is 23.6 Å². The van der Waals surface area contributed by atoms with E-state index in [1.54, 1.807) is 12.1 Å². The van der Waals surface area contributed by atoms with E-state index in [-0.39, 0.29) is 16.9 Å². The van der Waals surface area contributed by atoms with Gasteiger partial charge in [0.25, 0.3) is 0 Å². The van der Waals surface area contributed by atoms with Crippen LogP contribution in [0.5, 0.6) is 0 Å². The predicted octanol–water partition coefficient (Wildman–Crippen LogP) is 4.37. The quantitative estimate of drug-likeness (QED) is 0.638. The molecule has 0 saturated heterocycles. The highest BCUT2D eigenvalue weighted by molar-refractivity contribution is 5.87. The number of allylic oxidation sites excluding steroid dienone is 1. The second-order valence-corrected chi connectivity index (χ2v) is 7.14. The van der Waals surface area contributed by atoms with Gasteiger partial charge in [0.2, 0.25) is 0 Å². The van der Waals surface area contributed by atoms with Gasteiger partial charge < -0.3 is 9.84 Å². The van der Waals surface area contributed by atoms with Crippen LogP contribution in [0.25, 0.3) is 5.76 Å². The van der Waals surface area contributed by atoms with Gasteiger partial charge in [0.05, 0.1) is 5.56 Å². The lowest BCUT2D eigenvalue weighted by Gasteiger charge is -2.31. The minimum Gasteiger partial charge on any atom is -0.478 e. The maximum atomic E-state index is 11.4. The molecule has 0 unspecified atom stereocenters. The highest BCUT2D eigenvalue weighted by atomic mass is 16.5. The topological polar surface area (TPSA) is 63.6 Å². The largest absolute Gasteiger partial charge is 0.478 e. The van der Waals surface area contributed by atoms with E-state index in [1.807, 2.05) is 24.3 Å². The minimum atomic E-state index is -0.961. The Hall–Kier alpha value is -3.32. The van der Waals surface area contributed by atoms with Crippen molar-refractivity contribution in [1.82, 2.24) is 0 Å². The Labute approximate surface area is 158 Å². The van der Waals surface area contributed by atoms with Gasteiger partial charge >= 0.3 is 11.9 Å². The summed E-state index contributed by atoms with van der Waals surface area (Å²) in [6.07, 6.45) is 2.75. The molecule has 2 aromatic rings. The molecule has 2 aromatic carbocycles. The third kappa shape index (κ3) is 4.09. The molecule has 0 bridgehead atoms. The van der Waals surface area contributed by atoms with Crippen molar-refractivity contribution in [2.75, 3.05) is 0 Å². The van der Waals surface area contributed by atoms with Crippen LogP contribution in [-0.4, -0.2) is 17.0 Å². The highest BCUT2D eigenvalue weighted by Crippen LogP contribution is 2.39. The molecular formula is C23H20O4. The molecule has 4 nitrogen and oxygen atoms in total. The van der Waals surface area contributed by atoms with Crippen molar-refractivity contribution >= 4 is 17.7 Å². The normalized spacial score (nSPS) is 14.3. The second-order valence-electron chi connectivity index (χ2n) is 7.14. The van der Waals surface area contributed by atoms with Crippen LogP contribution in [0.3, 0.4) is 0 Å². The van der Waals surface area contributed by atoms with E-state index < -0.39 is 5.97 Å². The summed E-state index contributed by atoms with van der Waals surface area (Å²) in [5.74, 6) is 5.40. The Balaban J connectivity index is 1.95. The molecular weight excluding hydrogens is 340 g/mol. The number of hydrogen-bond donors (Lipinski definition) is 1. The van der Waals surface area contributed by atoms with E-state index in [0.717, 1.165) is 28.7 Å². The SMILES string of the molecule is CC(=O)OC1=CCC(C)(C)c2ccc(C#Cc3ccc(C(=O)O)cc3)cc21. The molecule has 1 N–H and O–H groups in total. The number of ether oxygens (including phenoxy) is 1. The molecule has 0 heterocycles. The lowest BCUT2D eigenvalue weighted by molar-refractivity contribution is -0.134. The maximum Gasteiger partial charge on any atom is 0.335 e. The fraction of sp³-hybridized carbons (Fsp3) is 0.217. The number of carbonyl (C=O) groups excluding carboxylic acids is 1. The van der Waals surface area contributed by atoms with E-state index in [2.05, 4.69) is 25.7 Å². The summed E-state index contributed by atoms with van der Waals surface area (Å²) >= 11 is 0. The number of fused-ring (bicyclic) bond motifs is 1. The third-order valence-corrected chi connectivity index (χ3v) is 4.55. The molecule has 0 aromatic heterocycles. The molecule has 1 aliphatic carbocycles. The summed E-state index contributed by atoms with van der Waals surface area (Å²) in [5.41, 5.74) is 3.72. The number of esters is 1. The zero-order chi connectivity index (χ0) is 19.6. The van der Waals surface area contributed by atoms with Crippen molar-refractivity contribution in [1.29, 1.82) is 0 Å². The zero-order valence-corrected chi connectivity index (χ0v) is 15.5. The Morgan fingerprint density at radius 2 is 1.67 bits per heavy atom. The van der Waals surface area contributed by atoms with Gasteiger partial charge in [-0.15, -0.1) is 0 Å². The van der Waals surface area contributed by atoms with E-state index in [0.29, 0.717) is 5.76 Å². The number of carboxylic acid groups (broad SMARTS) is 1. The molecule has 0 atom stereocenters. The summed E-state index contributed by atoms with van der Waals surface area (Å²) in [7, 11) is 0. The molecule has 0 spiro atoms. The van der Waals surface area contributed by atoms with Gasteiger partial charge in [-0.1, -0.05) is 31.8 Å². The molecule has 4 heteroatoms. The number of benzene rings is 2. The van der Waals surface area contributed by atoms with Crippen LogP contribution < -0.4 is 0 Å². The smallest absolute Gasteiger partial charge is 0.335 e. The molecule has 1 aliphatic rings. The van der Waals surface area contributed by atoms with Crippen molar-refractivity contribution in [3.8, 4) is 11.8 Å². The molecule has 27 heavy (non-hydrogen) atoms. The van der Waals surface area contributed by atoms with E-state index in [4.69, 9.17) is 9.84 Å². The summed E-state index contributed by atoms with van der Waals surface area (Å²) in [6.45, 7) is 5.70. The van der Waals surface area contributed by atoms with Gasteiger partial charge in [-0.25, -0.2) is 4.79 Å². The summed E-state index contributed by atoms with van der Waals surface area (Å²) in [5, 5.41) is 8.95. The lowest BCUT2D eigenvalue weighted by atomic mass is 9.75. The number of aromatic carboxylic acids is 1. The van der Waals surface area contributed by atoms with Crippen LogP contribution in [0.15, 0.2) is 48.5 Å². The van der Waals surface area contributed by atoms with Gasteiger partial charge in [-0.3, -0.25) is 4.79 Å².